The molecule has 5 rings (SSSR count). The number of rotatable bonds is 4. The molecule has 1 aliphatic carbocycles. The van der Waals surface area contributed by atoms with Crippen molar-refractivity contribution in [3.8, 4) is 17.0 Å². The summed E-state index contributed by atoms with van der Waals surface area (Å²) in [4.78, 5) is 11.0. The van der Waals surface area contributed by atoms with E-state index < -0.39 is 34.7 Å². The number of phenols is 1. The van der Waals surface area contributed by atoms with Crippen LogP contribution in [0.15, 0.2) is 12.3 Å². The van der Waals surface area contributed by atoms with Crippen LogP contribution in [0.1, 0.15) is 31.2 Å². The number of halogens is 5. The second-order valence-electron chi connectivity index (χ2n) is 8.78. The van der Waals surface area contributed by atoms with E-state index in [1.807, 2.05) is 0 Å². The Labute approximate surface area is 191 Å². The molecule has 2 aromatic heterocycles. The fourth-order valence-corrected chi connectivity index (χ4v) is 4.59. The largest absolute Gasteiger partial charge is 0.503 e. The van der Waals surface area contributed by atoms with Crippen LogP contribution in [0.3, 0.4) is 0 Å². The Kier molecular flexibility index (Phi) is 5.58. The fraction of sp³-hybridized carbons (Fsp3) is 0.500. The molecule has 0 radical (unpaired) electrons. The number of anilines is 1. The van der Waals surface area contributed by atoms with Gasteiger partial charge in [0.15, 0.2) is 23.0 Å². The number of morpholine rings is 1. The molecule has 1 saturated carbocycles. The van der Waals surface area contributed by atoms with Crippen molar-refractivity contribution in [2.24, 2.45) is 13.0 Å². The Bertz CT molecular complexity index is 1240. The summed E-state index contributed by atoms with van der Waals surface area (Å²) in [6, 6.07) is 0.404. The average Bonchev–Trinajstić information content (AvgIpc) is 3.10. The molecule has 1 saturated heterocycles. The molecule has 3 aromatic rings. The van der Waals surface area contributed by atoms with E-state index in [-0.39, 0.29) is 22.8 Å². The van der Waals surface area contributed by atoms with Crippen molar-refractivity contribution in [2.45, 2.75) is 37.9 Å². The van der Waals surface area contributed by atoms with Gasteiger partial charge in [-0.05, 0) is 18.4 Å². The van der Waals surface area contributed by atoms with Crippen molar-refractivity contribution >= 4 is 17.0 Å². The van der Waals surface area contributed by atoms with E-state index in [9.17, 15) is 27.1 Å². The number of hydrogen-bond donors (Lipinski definition) is 1. The summed E-state index contributed by atoms with van der Waals surface area (Å²) < 4.78 is 75.3. The van der Waals surface area contributed by atoms with E-state index in [0.717, 1.165) is 6.42 Å². The molecule has 1 atom stereocenters. The maximum absolute atomic E-state index is 14.7. The van der Waals surface area contributed by atoms with Crippen LogP contribution in [-0.2, 0) is 18.0 Å². The molecule has 1 aliphatic heterocycles. The van der Waals surface area contributed by atoms with Crippen LogP contribution in [0.25, 0.3) is 22.3 Å². The average molecular weight is 483 g/mol. The molecule has 0 amide bonds. The van der Waals surface area contributed by atoms with Crippen molar-refractivity contribution < 1.29 is 31.8 Å². The summed E-state index contributed by atoms with van der Waals surface area (Å²) >= 11 is 0. The molecule has 2 fully saturated rings. The van der Waals surface area contributed by atoms with Crippen molar-refractivity contribution in [3.05, 3.63) is 29.5 Å². The van der Waals surface area contributed by atoms with Crippen LogP contribution in [-0.4, -0.2) is 50.7 Å². The Morgan fingerprint density at radius 2 is 1.97 bits per heavy atom. The lowest BCUT2D eigenvalue weighted by Gasteiger charge is -2.39. The number of hydrogen-bond acceptors (Lipinski definition) is 6. The molecule has 3 heterocycles. The highest BCUT2D eigenvalue weighted by Gasteiger charge is 2.38. The number of aromatic nitrogens is 4. The minimum absolute atomic E-state index is 0.102. The molecule has 1 unspecified atom stereocenters. The van der Waals surface area contributed by atoms with Crippen LogP contribution >= 0.6 is 0 Å². The number of ether oxygens (including phenoxy) is 1. The molecule has 0 spiro atoms. The first-order valence-electron chi connectivity index (χ1n) is 11.0. The van der Waals surface area contributed by atoms with Gasteiger partial charge in [-0.1, -0.05) is 19.3 Å². The number of aryl methyl sites for hydroxylation is 1. The van der Waals surface area contributed by atoms with Gasteiger partial charge in [0.05, 0.1) is 30.2 Å². The van der Waals surface area contributed by atoms with Gasteiger partial charge in [0.1, 0.15) is 5.69 Å². The zero-order valence-corrected chi connectivity index (χ0v) is 18.2. The zero-order valence-electron chi connectivity index (χ0n) is 18.2. The molecular formula is C22H22F5N5O2. The summed E-state index contributed by atoms with van der Waals surface area (Å²) in [5, 5.41) is 14.0. The van der Waals surface area contributed by atoms with E-state index >= 15 is 0 Å². The molecule has 7 nitrogen and oxygen atoms in total. The van der Waals surface area contributed by atoms with Crippen molar-refractivity contribution in [1.82, 2.24) is 19.7 Å². The van der Waals surface area contributed by atoms with E-state index in [1.165, 1.54) is 37.2 Å². The van der Waals surface area contributed by atoms with Gasteiger partial charge < -0.3 is 14.7 Å². The van der Waals surface area contributed by atoms with Gasteiger partial charge in [-0.2, -0.15) is 23.3 Å². The maximum Gasteiger partial charge on any atom is 0.419 e. The minimum atomic E-state index is -5.13. The standard InChI is InChI=1S/C22H22F5N5O2/c1-31-20-14(18(30-31)13-8-15(22(25,26)27)17(24)19(33)16(13)23)9-28-21(29-20)32-5-6-34-10-12(32)7-11-3-2-4-11/h8-9,11-12,33H,2-7,10H2,1H3. The van der Waals surface area contributed by atoms with Crippen LogP contribution in [0, 0.1) is 17.6 Å². The molecule has 2 aliphatic rings. The predicted molar refractivity (Wildman–Crippen MR) is 112 cm³/mol. The van der Waals surface area contributed by atoms with Crippen LogP contribution in [0.2, 0.25) is 0 Å². The molecular weight excluding hydrogens is 461 g/mol. The first-order valence-corrected chi connectivity index (χ1v) is 11.0. The van der Waals surface area contributed by atoms with Gasteiger partial charge in [-0.25, -0.2) is 18.4 Å². The van der Waals surface area contributed by atoms with Gasteiger partial charge >= 0.3 is 6.18 Å². The second-order valence-corrected chi connectivity index (χ2v) is 8.78. The minimum Gasteiger partial charge on any atom is -0.503 e. The van der Waals surface area contributed by atoms with Gasteiger partial charge in [0.2, 0.25) is 5.95 Å². The van der Waals surface area contributed by atoms with Crippen LogP contribution in [0.4, 0.5) is 27.9 Å². The lowest BCUT2D eigenvalue weighted by atomic mass is 9.80. The van der Waals surface area contributed by atoms with Gasteiger partial charge in [0, 0.05) is 25.4 Å². The van der Waals surface area contributed by atoms with Crippen molar-refractivity contribution in [2.75, 3.05) is 24.7 Å². The summed E-state index contributed by atoms with van der Waals surface area (Å²) in [5.41, 5.74) is -2.44. The maximum atomic E-state index is 14.7. The first-order chi connectivity index (χ1) is 16.1. The van der Waals surface area contributed by atoms with E-state index in [4.69, 9.17) is 4.74 Å². The van der Waals surface area contributed by atoms with Crippen LogP contribution in [0.5, 0.6) is 5.75 Å². The van der Waals surface area contributed by atoms with Crippen molar-refractivity contribution in [1.29, 1.82) is 0 Å². The number of phenolic OH excluding ortho intramolecular Hbond substituents is 1. The fourth-order valence-electron chi connectivity index (χ4n) is 4.59. The number of nitrogens with zero attached hydrogens (tertiary/aromatic N) is 5. The van der Waals surface area contributed by atoms with E-state index in [1.54, 1.807) is 0 Å². The molecule has 1 aromatic carbocycles. The normalized spacial score (nSPS) is 19.6. The van der Waals surface area contributed by atoms with Crippen molar-refractivity contribution in [3.63, 3.8) is 0 Å². The SMILES string of the molecule is Cn1nc(-c2cc(C(F)(F)F)c(F)c(O)c2F)c2cnc(N3CCOCC3CC3CCC3)nc21. The summed E-state index contributed by atoms with van der Waals surface area (Å²) in [6.07, 6.45) is 0.784. The predicted octanol–water partition coefficient (Wildman–Crippen LogP) is 4.43. The molecule has 182 valence electrons. The highest BCUT2D eigenvalue weighted by Crippen LogP contribution is 2.41. The lowest BCUT2D eigenvalue weighted by Crippen LogP contribution is -2.47. The lowest BCUT2D eigenvalue weighted by molar-refractivity contribution is -0.140. The highest BCUT2D eigenvalue weighted by atomic mass is 19.4. The summed E-state index contributed by atoms with van der Waals surface area (Å²) in [5.74, 6) is -4.26. The summed E-state index contributed by atoms with van der Waals surface area (Å²) in [6.45, 7) is 1.65. The van der Waals surface area contributed by atoms with E-state index in [0.29, 0.717) is 37.7 Å². The molecule has 34 heavy (non-hydrogen) atoms. The highest BCUT2D eigenvalue weighted by molar-refractivity contribution is 5.91. The molecule has 1 N–H and O–H groups in total. The third kappa shape index (κ3) is 3.83. The third-order valence-corrected chi connectivity index (χ3v) is 6.62. The Hall–Kier alpha value is -3.02. The quantitative estimate of drug-likeness (QED) is 0.554. The topological polar surface area (TPSA) is 76.3 Å². The summed E-state index contributed by atoms with van der Waals surface area (Å²) in [7, 11) is 1.51. The van der Waals surface area contributed by atoms with Gasteiger partial charge in [-0.3, -0.25) is 0 Å². The smallest absolute Gasteiger partial charge is 0.419 e. The molecule has 12 heteroatoms. The second kappa shape index (κ2) is 8.33. The van der Waals surface area contributed by atoms with Gasteiger partial charge in [0.25, 0.3) is 0 Å². The monoisotopic (exact) mass is 483 g/mol. The van der Waals surface area contributed by atoms with Crippen LogP contribution < -0.4 is 4.90 Å². The molecule has 0 bridgehead atoms. The Morgan fingerprint density at radius 1 is 1.21 bits per heavy atom. The number of aromatic hydroxyl groups is 1. The number of alkyl halides is 3. The third-order valence-electron chi connectivity index (χ3n) is 6.62. The Morgan fingerprint density at radius 3 is 2.65 bits per heavy atom. The van der Waals surface area contributed by atoms with E-state index in [2.05, 4.69) is 20.0 Å². The number of benzene rings is 1. The zero-order chi connectivity index (χ0) is 24.2. The number of fused-ring (bicyclic) bond motifs is 1. The first kappa shape index (κ1) is 22.8. The Balaban J connectivity index is 1.56. The van der Waals surface area contributed by atoms with Gasteiger partial charge in [-0.15, -0.1) is 0 Å².